The van der Waals surface area contributed by atoms with Gasteiger partial charge in [-0.2, -0.15) is 0 Å². The molecule has 0 spiro atoms. The van der Waals surface area contributed by atoms with Gasteiger partial charge in [-0.3, -0.25) is 14.2 Å². The highest BCUT2D eigenvalue weighted by atomic mass is 16.2. The van der Waals surface area contributed by atoms with E-state index in [1.54, 1.807) is 65.9 Å². The van der Waals surface area contributed by atoms with Gasteiger partial charge in [-0.15, -0.1) is 6.42 Å². The number of nitrogens with one attached hydrogen (secondary N) is 2. The number of imidazole rings is 1. The van der Waals surface area contributed by atoms with Crippen LogP contribution in [0, 0.1) is 12.3 Å². The maximum Gasteiger partial charge on any atom is 0.313 e. The molecule has 0 saturated carbocycles. The van der Waals surface area contributed by atoms with Gasteiger partial charge in [-0.25, -0.2) is 9.97 Å². The van der Waals surface area contributed by atoms with E-state index in [1.807, 2.05) is 0 Å². The molecule has 0 aliphatic heterocycles. The minimum absolute atomic E-state index is 0.195. The van der Waals surface area contributed by atoms with Crippen molar-refractivity contribution < 1.29 is 9.59 Å². The number of amides is 2. The molecule has 1 aromatic carbocycles. The summed E-state index contributed by atoms with van der Waals surface area (Å²) in [6.07, 6.45) is 12.0. The summed E-state index contributed by atoms with van der Waals surface area (Å²) in [5, 5.41) is 5.09. The lowest BCUT2D eigenvalue weighted by atomic mass is 10.2. The largest absolute Gasteiger partial charge is 0.344 e. The molecule has 0 fully saturated rings. The van der Waals surface area contributed by atoms with Crippen LogP contribution in [0.3, 0.4) is 0 Å². The Labute approximate surface area is 150 Å². The van der Waals surface area contributed by atoms with Crippen molar-refractivity contribution >= 4 is 17.5 Å². The molecule has 2 heterocycles. The number of benzene rings is 1. The van der Waals surface area contributed by atoms with Gasteiger partial charge in [0.05, 0.1) is 0 Å². The molecule has 3 rings (SSSR count). The van der Waals surface area contributed by atoms with Crippen LogP contribution < -0.4 is 10.6 Å². The molecule has 128 valence electrons. The van der Waals surface area contributed by atoms with E-state index in [9.17, 15) is 9.59 Å². The standard InChI is InChI=1S/C19H15N5O2/c1-2-14-4-3-5-16(10-14)23-19(26)18(25)22-12-15-6-7-21-17(11-15)24-9-8-20-13-24/h1,3-11,13H,12H2,(H,22,25)(H,23,26). The normalized spacial score (nSPS) is 9.96. The Bertz CT molecular complexity index is 974. The summed E-state index contributed by atoms with van der Waals surface area (Å²) in [5.41, 5.74) is 1.89. The summed E-state index contributed by atoms with van der Waals surface area (Å²) in [4.78, 5) is 32.2. The highest BCUT2D eigenvalue weighted by Crippen LogP contribution is 2.10. The molecule has 0 saturated heterocycles. The zero-order valence-electron chi connectivity index (χ0n) is 13.7. The molecule has 3 aromatic rings. The molecule has 0 unspecified atom stereocenters. The zero-order chi connectivity index (χ0) is 18.4. The van der Waals surface area contributed by atoms with Crippen molar-refractivity contribution in [2.24, 2.45) is 0 Å². The highest BCUT2D eigenvalue weighted by Gasteiger charge is 2.13. The third-order valence-corrected chi connectivity index (χ3v) is 3.53. The van der Waals surface area contributed by atoms with E-state index >= 15 is 0 Å². The van der Waals surface area contributed by atoms with Crippen LogP contribution >= 0.6 is 0 Å². The molecule has 7 heteroatoms. The van der Waals surface area contributed by atoms with Crippen LogP contribution in [0.5, 0.6) is 0 Å². The molecule has 7 nitrogen and oxygen atoms in total. The average Bonchev–Trinajstić information content (AvgIpc) is 3.21. The minimum Gasteiger partial charge on any atom is -0.344 e. The third kappa shape index (κ3) is 4.13. The molecule has 2 aromatic heterocycles. The SMILES string of the molecule is C#Cc1cccc(NC(=O)C(=O)NCc2ccnc(-n3ccnc3)c2)c1. The molecule has 0 bridgehead atoms. The minimum atomic E-state index is -0.761. The summed E-state index contributed by atoms with van der Waals surface area (Å²) >= 11 is 0. The second-order valence-electron chi connectivity index (χ2n) is 5.35. The van der Waals surface area contributed by atoms with Crippen molar-refractivity contribution in [3.05, 3.63) is 72.4 Å². The molecule has 0 aliphatic rings. The summed E-state index contributed by atoms with van der Waals surface area (Å²) in [6, 6.07) is 10.3. The van der Waals surface area contributed by atoms with E-state index in [0.29, 0.717) is 17.1 Å². The topological polar surface area (TPSA) is 88.9 Å². The Kier molecular flexibility index (Phi) is 5.05. The third-order valence-electron chi connectivity index (χ3n) is 3.53. The van der Waals surface area contributed by atoms with Crippen molar-refractivity contribution in [3.63, 3.8) is 0 Å². The van der Waals surface area contributed by atoms with Gasteiger partial charge >= 0.3 is 11.8 Å². The fourth-order valence-corrected chi connectivity index (χ4v) is 2.24. The van der Waals surface area contributed by atoms with Crippen molar-refractivity contribution in [2.75, 3.05) is 5.32 Å². The second-order valence-corrected chi connectivity index (χ2v) is 5.35. The summed E-state index contributed by atoms with van der Waals surface area (Å²) < 4.78 is 1.75. The Morgan fingerprint density at radius 2 is 2.04 bits per heavy atom. The first-order valence-corrected chi connectivity index (χ1v) is 7.75. The molecule has 2 amide bonds. The molecular formula is C19H15N5O2. The van der Waals surface area contributed by atoms with E-state index < -0.39 is 11.8 Å². The van der Waals surface area contributed by atoms with Crippen LogP contribution in [0.1, 0.15) is 11.1 Å². The number of nitrogens with zero attached hydrogens (tertiary/aromatic N) is 3. The maximum atomic E-state index is 12.0. The van der Waals surface area contributed by atoms with Gasteiger partial charge < -0.3 is 10.6 Å². The van der Waals surface area contributed by atoms with E-state index in [4.69, 9.17) is 6.42 Å². The van der Waals surface area contributed by atoms with Crippen LogP contribution in [0.15, 0.2) is 61.3 Å². The van der Waals surface area contributed by atoms with Crippen LogP contribution in [0.4, 0.5) is 5.69 Å². The van der Waals surface area contributed by atoms with E-state index in [2.05, 4.69) is 26.5 Å². The van der Waals surface area contributed by atoms with Crippen LogP contribution in [0.25, 0.3) is 5.82 Å². The number of hydrogen-bond acceptors (Lipinski definition) is 4. The Hall–Kier alpha value is -3.92. The summed E-state index contributed by atoms with van der Waals surface area (Å²) in [7, 11) is 0. The van der Waals surface area contributed by atoms with Crippen molar-refractivity contribution in [2.45, 2.75) is 6.54 Å². The maximum absolute atomic E-state index is 12.0. The molecule has 2 N–H and O–H groups in total. The number of carbonyl (C=O) groups is 2. The fraction of sp³-hybridized carbons (Fsp3) is 0.0526. The highest BCUT2D eigenvalue weighted by molar-refractivity contribution is 6.39. The number of hydrogen-bond donors (Lipinski definition) is 2. The summed E-state index contributed by atoms with van der Waals surface area (Å²) in [6.45, 7) is 0.195. The fourth-order valence-electron chi connectivity index (χ4n) is 2.24. The molecular weight excluding hydrogens is 330 g/mol. The van der Waals surface area contributed by atoms with Crippen LogP contribution in [-0.2, 0) is 16.1 Å². The number of anilines is 1. The van der Waals surface area contributed by atoms with E-state index in [0.717, 1.165) is 5.56 Å². The monoisotopic (exact) mass is 345 g/mol. The van der Waals surface area contributed by atoms with Crippen LogP contribution in [0.2, 0.25) is 0 Å². The van der Waals surface area contributed by atoms with E-state index in [1.165, 1.54) is 0 Å². The second kappa shape index (κ2) is 7.77. The average molecular weight is 345 g/mol. The number of pyridine rings is 1. The number of carbonyl (C=O) groups excluding carboxylic acids is 2. The van der Waals surface area contributed by atoms with Crippen molar-refractivity contribution in [3.8, 4) is 18.2 Å². The van der Waals surface area contributed by atoms with Crippen LogP contribution in [-0.4, -0.2) is 26.3 Å². The first-order valence-electron chi connectivity index (χ1n) is 7.75. The first kappa shape index (κ1) is 16.9. The van der Waals surface area contributed by atoms with Gasteiger partial charge in [0.2, 0.25) is 0 Å². The first-order chi connectivity index (χ1) is 12.7. The van der Waals surface area contributed by atoms with E-state index in [-0.39, 0.29) is 6.54 Å². The summed E-state index contributed by atoms with van der Waals surface area (Å²) in [5.74, 6) is 1.64. The lowest BCUT2D eigenvalue weighted by molar-refractivity contribution is -0.136. The lowest BCUT2D eigenvalue weighted by Gasteiger charge is -2.08. The van der Waals surface area contributed by atoms with Gasteiger partial charge in [0, 0.05) is 36.4 Å². The molecule has 0 atom stereocenters. The van der Waals surface area contributed by atoms with Gasteiger partial charge in [0.15, 0.2) is 0 Å². The van der Waals surface area contributed by atoms with Gasteiger partial charge in [0.25, 0.3) is 0 Å². The molecule has 0 radical (unpaired) electrons. The Morgan fingerprint density at radius 3 is 2.81 bits per heavy atom. The van der Waals surface area contributed by atoms with Gasteiger partial charge in [-0.05, 0) is 35.9 Å². The number of terminal acetylenes is 1. The smallest absolute Gasteiger partial charge is 0.313 e. The van der Waals surface area contributed by atoms with Gasteiger partial charge in [-0.1, -0.05) is 12.0 Å². The Morgan fingerprint density at radius 1 is 1.15 bits per heavy atom. The molecule has 0 aliphatic carbocycles. The Balaban J connectivity index is 1.59. The predicted octanol–water partition coefficient (Wildman–Crippen LogP) is 1.50. The number of aromatic nitrogens is 3. The quantitative estimate of drug-likeness (QED) is 0.554. The molecule has 26 heavy (non-hydrogen) atoms. The zero-order valence-corrected chi connectivity index (χ0v) is 13.7. The van der Waals surface area contributed by atoms with Crippen molar-refractivity contribution in [1.82, 2.24) is 19.9 Å². The number of rotatable bonds is 4. The lowest BCUT2D eigenvalue weighted by Crippen LogP contribution is -2.35. The van der Waals surface area contributed by atoms with Gasteiger partial charge in [0.1, 0.15) is 12.1 Å². The predicted molar refractivity (Wildman–Crippen MR) is 96.2 cm³/mol. The van der Waals surface area contributed by atoms with Crippen molar-refractivity contribution in [1.29, 1.82) is 0 Å².